The Balaban J connectivity index is 1.28. The molecule has 0 spiro atoms. The summed E-state index contributed by atoms with van der Waals surface area (Å²) in [7, 11) is -10.4. The zero-order chi connectivity index (χ0) is 39.2. The van der Waals surface area contributed by atoms with Crippen molar-refractivity contribution in [2.75, 3.05) is 52.7 Å². The Hall–Kier alpha value is -3.47. The number of nitrogens with one attached hydrogen (secondary N) is 3. The van der Waals surface area contributed by atoms with Crippen molar-refractivity contribution >= 4 is 52.4 Å². The minimum Gasteiger partial charge on any atom is -0.390 e. The maximum Gasteiger partial charge on any atom is 0.490 e. The van der Waals surface area contributed by atoms with Crippen LogP contribution >= 0.6 is 23.5 Å². The first-order valence-corrected chi connectivity index (χ1v) is 20.3. The van der Waals surface area contributed by atoms with Gasteiger partial charge in [0.1, 0.15) is 24.2 Å². The normalized spacial score (nSPS) is 20.4. The molecule has 3 aromatic rings. The molecule has 1 saturated heterocycles. The zero-order valence-corrected chi connectivity index (χ0v) is 31.3. The van der Waals surface area contributed by atoms with Crippen molar-refractivity contribution < 1.29 is 65.5 Å². The standard InChI is InChI=1S/C26H40N9O15P3/c1-35(2,3)11-5-4-10-33-16-31-22-23(29-15-30-24(22)33)28-9-8-27-20(37)7-6-17-13-34(26(39)32-25(17)38)21-12-18(36)19(48-21)14-47-52(43,44)50-53(45,46)49-51(40,41)42/h6-7,13,15-16,18-19,21,36H,4-5,8-12,14H2,1-3H3,(H6-,27,28,29,30,32,37,38,39,40,41,42,43,44,45,46)/p+1/b7-6+. The molecule has 1 aliphatic heterocycles. The third kappa shape index (κ3) is 13.1. The third-order valence-electron chi connectivity index (χ3n) is 7.34. The van der Waals surface area contributed by atoms with Gasteiger partial charge in [-0.2, -0.15) is 8.62 Å². The number of H-pyrrole nitrogens is 1. The number of aliphatic hydroxyl groups excluding tert-OH is 1. The number of phosphoric acid groups is 3. The molecule has 53 heavy (non-hydrogen) atoms. The zero-order valence-electron chi connectivity index (χ0n) is 28.6. The van der Waals surface area contributed by atoms with Gasteiger partial charge < -0.3 is 49.1 Å². The van der Waals surface area contributed by atoms with Crippen LogP contribution in [0.15, 0.2) is 34.5 Å². The topological polar surface area (TPSA) is 329 Å². The minimum atomic E-state index is -5.77. The van der Waals surface area contributed by atoms with Crippen LogP contribution in [0.4, 0.5) is 5.82 Å². The summed E-state index contributed by atoms with van der Waals surface area (Å²) in [5.74, 6) is -0.0804. The first-order chi connectivity index (χ1) is 24.6. The molecule has 1 fully saturated rings. The fourth-order valence-electron chi connectivity index (χ4n) is 4.97. The number of ether oxygens (including phenoxy) is 1. The second kappa shape index (κ2) is 17.3. The Morgan fingerprint density at radius 2 is 1.81 bits per heavy atom. The molecule has 0 aliphatic carbocycles. The molecule has 24 nitrogen and oxygen atoms in total. The van der Waals surface area contributed by atoms with E-state index in [9.17, 15) is 43.0 Å². The molecule has 0 aromatic carbocycles. The van der Waals surface area contributed by atoms with E-state index in [0.717, 1.165) is 53.3 Å². The molecule has 1 aliphatic rings. The largest absolute Gasteiger partial charge is 0.490 e. The van der Waals surface area contributed by atoms with Gasteiger partial charge in [0.2, 0.25) is 5.91 Å². The summed E-state index contributed by atoms with van der Waals surface area (Å²) in [6.45, 7) is 1.27. The highest BCUT2D eigenvalue weighted by Gasteiger charge is 2.43. The molecule has 4 rings (SSSR count). The quantitative estimate of drug-likeness (QED) is 0.0324. The molecule has 1 amide bonds. The van der Waals surface area contributed by atoms with Crippen LogP contribution in [-0.4, -0.2) is 124 Å². The first-order valence-electron chi connectivity index (χ1n) is 15.7. The van der Waals surface area contributed by atoms with Crippen LogP contribution < -0.4 is 21.9 Å². The van der Waals surface area contributed by atoms with Gasteiger partial charge in [0.15, 0.2) is 11.5 Å². The minimum absolute atomic E-state index is 0.149. The Labute approximate surface area is 300 Å². The summed E-state index contributed by atoms with van der Waals surface area (Å²) >= 11 is 0. The number of hydrogen-bond acceptors (Lipinski definition) is 15. The summed E-state index contributed by atoms with van der Waals surface area (Å²) in [5, 5.41) is 16.1. The number of fused-ring (bicyclic) bond motifs is 1. The van der Waals surface area contributed by atoms with Crippen LogP contribution in [0, 0.1) is 0 Å². The molecule has 5 unspecified atom stereocenters. The lowest BCUT2D eigenvalue weighted by molar-refractivity contribution is -0.870. The van der Waals surface area contributed by atoms with Crippen molar-refractivity contribution in [3.8, 4) is 0 Å². The number of aliphatic hydroxyl groups is 1. The predicted molar refractivity (Wildman–Crippen MR) is 184 cm³/mol. The van der Waals surface area contributed by atoms with Crippen molar-refractivity contribution in [2.45, 2.75) is 44.2 Å². The third-order valence-corrected chi connectivity index (χ3v) is 11.1. The van der Waals surface area contributed by atoms with Crippen molar-refractivity contribution in [3.05, 3.63) is 51.3 Å². The number of hydrogen-bond donors (Lipinski definition) is 8. The molecular formula is C26H41N9O15P3+. The van der Waals surface area contributed by atoms with Crippen molar-refractivity contribution in [1.82, 2.24) is 34.4 Å². The number of imidazole rings is 1. The van der Waals surface area contributed by atoms with E-state index in [-0.39, 0.29) is 25.1 Å². The van der Waals surface area contributed by atoms with Crippen LogP contribution in [0.3, 0.4) is 0 Å². The van der Waals surface area contributed by atoms with Gasteiger partial charge in [-0.25, -0.2) is 33.4 Å². The number of aromatic nitrogens is 6. The monoisotopic (exact) mass is 812 g/mol. The van der Waals surface area contributed by atoms with Gasteiger partial charge in [-0.1, -0.05) is 0 Å². The van der Waals surface area contributed by atoms with E-state index in [1.165, 1.54) is 6.33 Å². The van der Waals surface area contributed by atoms with Gasteiger partial charge in [-0.15, -0.1) is 0 Å². The molecule has 3 aromatic heterocycles. The maximum absolute atomic E-state index is 12.5. The molecule has 27 heteroatoms. The average molecular weight is 813 g/mol. The number of carbonyl (C=O) groups is 1. The number of aryl methyl sites for hydroxylation is 1. The van der Waals surface area contributed by atoms with E-state index < -0.39 is 65.7 Å². The van der Waals surface area contributed by atoms with E-state index >= 15 is 0 Å². The molecule has 5 atom stereocenters. The number of unbranched alkanes of at least 4 members (excludes halogenated alkanes) is 1. The predicted octanol–water partition coefficient (Wildman–Crippen LogP) is -0.604. The van der Waals surface area contributed by atoms with Crippen LogP contribution in [0.2, 0.25) is 0 Å². The van der Waals surface area contributed by atoms with E-state index in [2.05, 4.69) is 59.9 Å². The van der Waals surface area contributed by atoms with Crippen molar-refractivity contribution in [2.24, 2.45) is 0 Å². The molecular weight excluding hydrogens is 771 g/mol. The Morgan fingerprint density at radius 1 is 1.08 bits per heavy atom. The van der Waals surface area contributed by atoms with Crippen molar-refractivity contribution in [3.63, 3.8) is 0 Å². The molecule has 8 N–H and O–H groups in total. The second-order valence-electron chi connectivity index (χ2n) is 12.7. The van der Waals surface area contributed by atoms with Crippen LogP contribution in [0.5, 0.6) is 0 Å². The molecule has 294 valence electrons. The van der Waals surface area contributed by atoms with E-state index in [0.29, 0.717) is 17.0 Å². The number of rotatable bonds is 19. The summed E-state index contributed by atoms with van der Waals surface area (Å²) in [6, 6.07) is 0. The Morgan fingerprint density at radius 3 is 2.51 bits per heavy atom. The van der Waals surface area contributed by atoms with Gasteiger partial charge in [-0.05, 0) is 18.9 Å². The summed E-state index contributed by atoms with van der Waals surface area (Å²) < 4.78 is 55.3. The van der Waals surface area contributed by atoms with Gasteiger partial charge >= 0.3 is 29.2 Å². The number of nitrogens with zero attached hydrogens (tertiary/aromatic N) is 6. The first kappa shape index (κ1) is 42.3. The number of aromatic amines is 1. The fraction of sp³-hybridized carbons (Fsp3) is 0.538. The van der Waals surface area contributed by atoms with Crippen LogP contribution in [0.1, 0.15) is 31.1 Å². The van der Waals surface area contributed by atoms with E-state index in [1.54, 1.807) is 6.33 Å². The summed E-state index contributed by atoms with van der Waals surface area (Å²) in [5.41, 5.74) is -0.687. The van der Waals surface area contributed by atoms with Crippen LogP contribution in [0.25, 0.3) is 17.2 Å². The van der Waals surface area contributed by atoms with Crippen molar-refractivity contribution in [1.29, 1.82) is 0 Å². The maximum atomic E-state index is 12.5. The molecule has 0 radical (unpaired) electrons. The number of carbonyl (C=O) groups excluding carboxylic acids is 1. The van der Waals surface area contributed by atoms with Gasteiger partial charge in [-0.3, -0.25) is 23.7 Å². The Bertz CT molecular complexity index is 2060. The number of quaternary nitrogens is 1. The highest BCUT2D eigenvalue weighted by molar-refractivity contribution is 7.66. The SMILES string of the molecule is C[N+](C)(C)CCCCn1cnc2c(NCCNC(=O)/C=C/c3cn(C4CC(O)C(COP(=O)(O)OP(=O)(O)OP(=O)(O)O)O4)c(=O)[nH]c3=O)ncnc21. The second-order valence-corrected chi connectivity index (χ2v) is 17.1. The highest BCUT2D eigenvalue weighted by Crippen LogP contribution is 2.66. The Kier molecular flexibility index (Phi) is 13.8. The average Bonchev–Trinajstić information content (AvgIpc) is 3.61. The number of phosphoric ester groups is 1. The smallest absolute Gasteiger partial charge is 0.390 e. The molecule has 4 heterocycles. The highest BCUT2D eigenvalue weighted by atomic mass is 31.3. The van der Waals surface area contributed by atoms with E-state index in [4.69, 9.17) is 14.5 Å². The van der Waals surface area contributed by atoms with E-state index in [1.807, 2.05) is 9.55 Å². The summed E-state index contributed by atoms with van der Waals surface area (Å²) in [6.07, 6.45) is 3.95. The molecule has 0 bridgehead atoms. The van der Waals surface area contributed by atoms with Gasteiger partial charge in [0.25, 0.3) is 5.56 Å². The fourth-order valence-corrected chi connectivity index (χ4v) is 8.00. The lowest BCUT2D eigenvalue weighted by Crippen LogP contribution is -2.35. The number of anilines is 1. The van der Waals surface area contributed by atoms with Crippen LogP contribution in [-0.2, 0) is 42.9 Å². The lowest BCUT2D eigenvalue weighted by Gasteiger charge is -2.23. The number of amides is 1. The summed E-state index contributed by atoms with van der Waals surface area (Å²) in [4.78, 5) is 88.7. The van der Waals surface area contributed by atoms with Gasteiger partial charge in [0, 0.05) is 38.3 Å². The molecule has 0 saturated carbocycles. The lowest BCUT2D eigenvalue weighted by atomic mass is 10.2. The van der Waals surface area contributed by atoms with Gasteiger partial charge in [0.05, 0.1) is 52.3 Å².